The molecule has 0 aromatic heterocycles. The zero-order chi connectivity index (χ0) is 11.9. The molecule has 1 aliphatic carbocycles. The summed E-state index contributed by atoms with van der Waals surface area (Å²) >= 11 is 1.92. The summed E-state index contributed by atoms with van der Waals surface area (Å²) in [6.07, 6.45) is 4.21. The molecule has 3 rings (SSSR count). The van der Waals surface area contributed by atoms with Crippen LogP contribution in [0.15, 0.2) is 23.1 Å². The molecule has 2 aliphatic rings. The largest absolute Gasteiger partial charge is 0.293 e. The van der Waals surface area contributed by atoms with E-state index in [2.05, 4.69) is 23.6 Å². The highest BCUT2D eigenvalue weighted by Crippen LogP contribution is 2.49. The highest BCUT2D eigenvalue weighted by atomic mass is 32.2. The van der Waals surface area contributed by atoms with Gasteiger partial charge in [0.25, 0.3) is 0 Å². The quantitative estimate of drug-likeness (QED) is 0.476. The minimum absolute atomic E-state index is 0.0408. The van der Waals surface area contributed by atoms with Gasteiger partial charge < -0.3 is 0 Å². The molecule has 0 radical (unpaired) electrons. The number of benzene rings is 1. The Bertz CT molecular complexity index is 468. The second-order valence-corrected chi connectivity index (χ2v) is 5.97. The fourth-order valence-electron chi connectivity index (χ4n) is 2.57. The molecule has 1 aliphatic heterocycles. The molecule has 0 spiro atoms. The number of carbonyl (C=O) groups excluding carboxylic acids is 1. The van der Waals surface area contributed by atoms with Gasteiger partial charge in [-0.05, 0) is 48.6 Å². The number of hydrogen-bond acceptors (Lipinski definition) is 3. The van der Waals surface area contributed by atoms with Crippen LogP contribution in [0.2, 0.25) is 0 Å². The summed E-state index contributed by atoms with van der Waals surface area (Å²) in [6, 6.07) is 6.47. The Morgan fingerprint density at radius 3 is 2.94 bits per heavy atom. The topological polar surface area (TPSA) is 55.1 Å². The van der Waals surface area contributed by atoms with E-state index < -0.39 is 0 Å². The Morgan fingerprint density at radius 1 is 1.41 bits per heavy atom. The maximum Gasteiger partial charge on any atom is 0.244 e. The molecule has 4 heteroatoms. The van der Waals surface area contributed by atoms with Gasteiger partial charge in [0, 0.05) is 4.90 Å². The summed E-state index contributed by atoms with van der Waals surface area (Å²) in [5.41, 5.74) is 4.51. The van der Waals surface area contributed by atoms with Gasteiger partial charge in [-0.3, -0.25) is 10.2 Å². The van der Waals surface area contributed by atoms with Crippen LogP contribution in [0.1, 0.15) is 30.4 Å². The molecule has 0 saturated heterocycles. The predicted molar refractivity (Wildman–Crippen MR) is 68.7 cm³/mol. The molecular weight excluding hydrogens is 232 g/mol. The van der Waals surface area contributed by atoms with E-state index >= 15 is 0 Å². The summed E-state index contributed by atoms with van der Waals surface area (Å²) in [6.45, 7) is 0. The van der Waals surface area contributed by atoms with Crippen molar-refractivity contribution in [2.24, 2.45) is 5.84 Å². The average Bonchev–Trinajstić information content (AvgIpc) is 3.19. The van der Waals surface area contributed by atoms with E-state index in [1.807, 2.05) is 11.8 Å². The number of hydrazine groups is 1. The van der Waals surface area contributed by atoms with Crippen molar-refractivity contribution in [1.29, 1.82) is 0 Å². The molecule has 1 aromatic rings. The number of aryl methyl sites for hydroxylation is 1. The van der Waals surface area contributed by atoms with E-state index in [9.17, 15) is 4.79 Å². The minimum atomic E-state index is -0.327. The Morgan fingerprint density at radius 2 is 2.24 bits per heavy atom. The average molecular weight is 248 g/mol. The van der Waals surface area contributed by atoms with Crippen LogP contribution in [-0.2, 0) is 16.6 Å². The Kier molecular flexibility index (Phi) is 2.64. The second kappa shape index (κ2) is 4.03. The standard InChI is InChI=1S/C13H16N2OS/c14-15-12(16)13(5-6-13)10-3-4-11-9(8-10)2-1-7-17-11/h3-4,8H,1-2,5-7,14H2,(H,15,16). The normalized spacial score (nSPS) is 20.5. The van der Waals surface area contributed by atoms with E-state index in [0.29, 0.717) is 0 Å². The number of carbonyl (C=O) groups is 1. The Balaban J connectivity index is 1.96. The van der Waals surface area contributed by atoms with Gasteiger partial charge in [-0.15, -0.1) is 11.8 Å². The predicted octanol–water partition coefficient (Wildman–Crippen LogP) is 1.75. The number of fused-ring (bicyclic) bond motifs is 1. The summed E-state index contributed by atoms with van der Waals surface area (Å²) in [5.74, 6) is 6.44. The van der Waals surface area contributed by atoms with Gasteiger partial charge in [0.1, 0.15) is 0 Å². The molecule has 1 fully saturated rings. The first-order valence-electron chi connectivity index (χ1n) is 6.03. The maximum atomic E-state index is 11.8. The van der Waals surface area contributed by atoms with Crippen molar-refractivity contribution in [3.05, 3.63) is 29.3 Å². The van der Waals surface area contributed by atoms with Crippen LogP contribution in [0, 0.1) is 0 Å². The molecule has 0 atom stereocenters. The third kappa shape index (κ3) is 1.76. The molecule has 1 aromatic carbocycles. The molecule has 0 bridgehead atoms. The van der Waals surface area contributed by atoms with E-state index in [1.165, 1.54) is 22.6 Å². The Labute approximate surface area is 105 Å². The van der Waals surface area contributed by atoms with Gasteiger partial charge in [0.15, 0.2) is 0 Å². The van der Waals surface area contributed by atoms with E-state index in [4.69, 9.17) is 5.84 Å². The van der Waals surface area contributed by atoms with Crippen LogP contribution >= 0.6 is 11.8 Å². The Hall–Kier alpha value is -1.00. The third-order valence-electron chi connectivity index (χ3n) is 3.78. The fraction of sp³-hybridized carbons (Fsp3) is 0.462. The summed E-state index contributed by atoms with van der Waals surface area (Å²) < 4.78 is 0. The first-order valence-corrected chi connectivity index (χ1v) is 7.02. The third-order valence-corrected chi connectivity index (χ3v) is 4.98. The van der Waals surface area contributed by atoms with Crippen molar-refractivity contribution in [2.45, 2.75) is 36.0 Å². The van der Waals surface area contributed by atoms with Crippen LogP contribution < -0.4 is 11.3 Å². The minimum Gasteiger partial charge on any atom is -0.293 e. The van der Waals surface area contributed by atoms with Crippen molar-refractivity contribution in [1.82, 2.24) is 5.43 Å². The lowest BCUT2D eigenvalue weighted by molar-refractivity contribution is -0.123. The number of nitrogens with one attached hydrogen (secondary N) is 1. The lowest BCUT2D eigenvalue weighted by atomic mass is 9.92. The van der Waals surface area contributed by atoms with Crippen molar-refractivity contribution < 1.29 is 4.79 Å². The molecule has 1 saturated carbocycles. The van der Waals surface area contributed by atoms with E-state index in [-0.39, 0.29) is 11.3 Å². The van der Waals surface area contributed by atoms with Crippen LogP contribution in [-0.4, -0.2) is 11.7 Å². The van der Waals surface area contributed by atoms with E-state index in [1.54, 1.807) is 0 Å². The first kappa shape index (κ1) is 11.1. The van der Waals surface area contributed by atoms with Gasteiger partial charge in [0.05, 0.1) is 5.41 Å². The molecule has 17 heavy (non-hydrogen) atoms. The lowest BCUT2D eigenvalue weighted by Crippen LogP contribution is -2.39. The van der Waals surface area contributed by atoms with Crippen molar-refractivity contribution in [3.8, 4) is 0 Å². The number of nitrogens with two attached hydrogens (primary N) is 1. The van der Waals surface area contributed by atoms with Crippen LogP contribution in [0.5, 0.6) is 0 Å². The molecule has 0 unspecified atom stereocenters. The van der Waals surface area contributed by atoms with Crippen molar-refractivity contribution in [3.63, 3.8) is 0 Å². The van der Waals surface area contributed by atoms with Crippen molar-refractivity contribution in [2.75, 3.05) is 5.75 Å². The summed E-state index contributed by atoms with van der Waals surface area (Å²) in [7, 11) is 0. The molecular formula is C13H16N2OS. The van der Waals surface area contributed by atoms with Gasteiger partial charge >= 0.3 is 0 Å². The maximum absolute atomic E-state index is 11.8. The SMILES string of the molecule is NNC(=O)C1(c2ccc3c(c2)CCCS3)CC1. The molecule has 1 amide bonds. The van der Waals surface area contributed by atoms with Crippen LogP contribution in [0.3, 0.4) is 0 Å². The fourth-order valence-corrected chi connectivity index (χ4v) is 3.59. The van der Waals surface area contributed by atoms with Gasteiger partial charge in [-0.1, -0.05) is 12.1 Å². The van der Waals surface area contributed by atoms with Gasteiger partial charge in [0.2, 0.25) is 5.91 Å². The highest BCUT2D eigenvalue weighted by molar-refractivity contribution is 7.99. The summed E-state index contributed by atoms with van der Waals surface area (Å²) in [5, 5.41) is 0. The molecule has 3 nitrogen and oxygen atoms in total. The number of amides is 1. The number of thioether (sulfide) groups is 1. The zero-order valence-corrected chi connectivity index (χ0v) is 10.5. The monoisotopic (exact) mass is 248 g/mol. The van der Waals surface area contributed by atoms with Crippen LogP contribution in [0.25, 0.3) is 0 Å². The number of hydrogen-bond donors (Lipinski definition) is 2. The molecule has 90 valence electrons. The van der Waals surface area contributed by atoms with Crippen LogP contribution in [0.4, 0.5) is 0 Å². The molecule has 1 heterocycles. The highest BCUT2D eigenvalue weighted by Gasteiger charge is 2.51. The summed E-state index contributed by atoms with van der Waals surface area (Å²) in [4.78, 5) is 13.2. The second-order valence-electron chi connectivity index (χ2n) is 4.83. The smallest absolute Gasteiger partial charge is 0.244 e. The lowest BCUT2D eigenvalue weighted by Gasteiger charge is -2.19. The van der Waals surface area contributed by atoms with E-state index in [0.717, 1.165) is 24.8 Å². The molecule has 3 N–H and O–H groups in total. The van der Waals surface area contributed by atoms with Crippen molar-refractivity contribution >= 4 is 17.7 Å². The zero-order valence-electron chi connectivity index (χ0n) is 9.66. The van der Waals surface area contributed by atoms with Gasteiger partial charge in [-0.25, -0.2) is 5.84 Å². The number of rotatable bonds is 2. The van der Waals surface area contributed by atoms with Gasteiger partial charge in [-0.2, -0.15) is 0 Å². The first-order chi connectivity index (χ1) is 8.26.